The molecule has 0 spiro atoms. The number of hydrogen-bond donors (Lipinski definition) is 0. The van der Waals surface area contributed by atoms with Crippen molar-refractivity contribution in [2.75, 3.05) is 4.90 Å². The Morgan fingerprint density at radius 1 is 0.310 bits per heavy atom. The van der Waals surface area contributed by atoms with Crippen molar-refractivity contribution in [1.29, 1.82) is 0 Å². The summed E-state index contributed by atoms with van der Waals surface area (Å²) in [6, 6.07) is 67.1. The van der Waals surface area contributed by atoms with Crippen molar-refractivity contribution in [1.82, 2.24) is 13.7 Å². The molecule has 13 rings (SSSR count). The number of anilines is 2. The molecule has 8 aromatic carbocycles. The first kappa shape index (κ1) is 31.6. The van der Waals surface area contributed by atoms with E-state index in [9.17, 15) is 0 Å². The zero-order valence-electron chi connectivity index (χ0n) is 31.6. The van der Waals surface area contributed by atoms with E-state index in [2.05, 4.69) is 225 Å². The SMILES string of the molecule is C1=CC2c3ccc4c5ccccc5n(-c5ccc(-n6c7ccccc7c7ccc8c9ccccc9n(-c9ccccc9)c8c76)cc5)c4c3N(c3ccccc3)C2C=C1. The molecule has 0 fully saturated rings. The number of hydrogen-bond acceptors (Lipinski definition) is 1. The number of allylic oxidation sites excluding steroid dienone is 2. The van der Waals surface area contributed by atoms with Gasteiger partial charge < -0.3 is 18.6 Å². The summed E-state index contributed by atoms with van der Waals surface area (Å²) in [5.41, 5.74) is 14.6. The molecule has 1 aliphatic heterocycles. The summed E-state index contributed by atoms with van der Waals surface area (Å²) in [7, 11) is 0. The normalized spacial score (nSPS) is 16.1. The van der Waals surface area contributed by atoms with Crippen molar-refractivity contribution in [3.63, 3.8) is 0 Å². The number of fused-ring (bicyclic) bond motifs is 14. The van der Waals surface area contributed by atoms with Gasteiger partial charge in [-0.1, -0.05) is 140 Å². The highest BCUT2D eigenvalue weighted by molar-refractivity contribution is 6.24. The molecule has 2 unspecified atom stereocenters. The third kappa shape index (κ3) is 4.24. The van der Waals surface area contributed by atoms with Crippen LogP contribution in [0.15, 0.2) is 206 Å². The minimum absolute atomic E-state index is 0.209. The summed E-state index contributed by atoms with van der Waals surface area (Å²) in [6.45, 7) is 0. The van der Waals surface area contributed by atoms with E-state index >= 15 is 0 Å². The van der Waals surface area contributed by atoms with Crippen molar-refractivity contribution in [2.24, 2.45) is 0 Å². The number of nitrogens with zero attached hydrogens (tertiary/aromatic N) is 4. The third-order valence-electron chi connectivity index (χ3n) is 12.7. The second-order valence-electron chi connectivity index (χ2n) is 15.7. The van der Waals surface area contributed by atoms with Gasteiger partial charge in [0, 0.05) is 61.0 Å². The van der Waals surface area contributed by atoms with Crippen LogP contribution in [0.4, 0.5) is 11.4 Å². The maximum absolute atomic E-state index is 2.57. The molecule has 0 saturated carbocycles. The van der Waals surface area contributed by atoms with Gasteiger partial charge in [0.2, 0.25) is 0 Å². The minimum atomic E-state index is 0.209. The van der Waals surface area contributed by atoms with E-state index in [1.807, 2.05) is 0 Å². The van der Waals surface area contributed by atoms with Crippen LogP contribution in [0.3, 0.4) is 0 Å². The lowest BCUT2D eigenvalue weighted by molar-refractivity contribution is 0.745. The highest BCUT2D eigenvalue weighted by Crippen LogP contribution is 2.53. The molecule has 4 nitrogen and oxygen atoms in total. The summed E-state index contributed by atoms with van der Waals surface area (Å²) in [5.74, 6) is 0.275. The Morgan fingerprint density at radius 2 is 0.724 bits per heavy atom. The van der Waals surface area contributed by atoms with E-state index < -0.39 is 0 Å². The standard InChI is InChI=1S/C54H36N4/c1-3-15-35(16-4-1)55-47-23-11-7-19-39(47)43-31-33-45-41-21-9-13-25-49(41)57(53(45)51(43)55)37-27-29-38(30-28-37)58-50-26-14-10-22-42(50)46-34-32-44-40-20-8-12-24-48(40)56(52(44)54(46)58)36-17-5-2-6-18-36/h1-34,39,47H. The van der Waals surface area contributed by atoms with Crippen LogP contribution in [0.2, 0.25) is 0 Å². The summed E-state index contributed by atoms with van der Waals surface area (Å²) in [6.07, 6.45) is 9.15. The molecule has 0 saturated heterocycles. The Hall–Kier alpha value is -7.56. The van der Waals surface area contributed by atoms with Crippen LogP contribution in [0, 0.1) is 0 Å². The van der Waals surface area contributed by atoms with Gasteiger partial charge >= 0.3 is 0 Å². The van der Waals surface area contributed by atoms with E-state index in [1.54, 1.807) is 0 Å². The molecular formula is C54H36N4. The first-order valence-corrected chi connectivity index (χ1v) is 20.2. The molecule has 0 radical (unpaired) electrons. The van der Waals surface area contributed by atoms with Gasteiger partial charge in [-0.05, 0) is 72.3 Å². The highest BCUT2D eigenvalue weighted by atomic mass is 15.2. The number of benzene rings is 8. The summed E-state index contributed by atoms with van der Waals surface area (Å²) in [4.78, 5) is 2.57. The molecule has 2 atom stereocenters. The van der Waals surface area contributed by atoms with Crippen LogP contribution in [0.1, 0.15) is 11.5 Å². The predicted octanol–water partition coefficient (Wildman–Crippen LogP) is 13.7. The first-order chi connectivity index (χ1) is 28.8. The zero-order valence-corrected chi connectivity index (χ0v) is 31.6. The van der Waals surface area contributed by atoms with Crippen LogP contribution in [-0.2, 0) is 0 Å². The Labute approximate surface area is 335 Å². The average Bonchev–Trinajstić information content (AvgIpc) is 4.02. The Bertz CT molecular complexity index is 3510. The lowest BCUT2D eigenvalue weighted by Gasteiger charge is -2.29. The van der Waals surface area contributed by atoms with Gasteiger partial charge in [-0.25, -0.2) is 0 Å². The van der Waals surface area contributed by atoms with Crippen molar-refractivity contribution < 1.29 is 0 Å². The molecule has 58 heavy (non-hydrogen) atoms. The fraction of sp³-hybridized carbons (Fsp3) is 0.0370. The monoisotopic (exact) mass is 740 g/mol. The second-order valence-corrected chi connectivity index (χ2v) is 15.7. The predicted molar refractivity (Wildman–Crippen MR) is 243 cm³/mol. The molecule has 4 heteroatoms. The quantitative estimate of drug-likeness (QED) is 0.176. The maximum atomic E-state index is 2.57. The molecule has 0 N–H and O–H groups in total. The number of para-hydroxylation sites is 5. The van der Waals surface area contributed by atoms with Crippen molar-refractivity contribution in [3.05, 3.63) is 212 Å². The average molecular weight is 741 g/mol. The maximum Gasteiger partial charge on any atom is 0.0788 e. The molecule has 272 valence electrons. The van der Waals surface area contributed by atoms with Gasteiger partial charge in [0.15, 0.2) is 0 Å². The van der Waals surface area contributed by atoms with E-state index in [0.717, 1.165) is 17.1 Å². The van der Waals surface area contributed by atoms with Gasteiger partial charge in [0.05, 0.1) is 44.8 Å². The van der Waals surface area contributed by atoms with Gasteiger partial charge in [-0.3, -0.25) is 0 Å². The molecule has 11 aromatic rings. The van der Waals surface area contributed by atoms with Gasteiger partial charge in [0.1, 0.15) is 0 Å². The Balaban J connectivity index is 1.08. The van der Waals surface area contributed by atoms with Gasteiger partial charge in [-0.15, -0.1) is 0 Å². The van der Waals surface area contributed by atoms with Crippen LogP contribution in [0.5, 0.6) is 0 Å². The largest absolute Gasteiger partial charge is 0.332 e. The van der Waals surface area contributed by atoms with E-state index in [0.29, 0.717) is 0 Å². The molecule has 0 bridgehead atoms. The van der Waals surface area contributed by atoms with Gasteiger partial charge in [0.25, 0.3) is 0 Å². The lowest BCUT2D eigenvalue weighted by Crippen LogP contribution is -2.28. The molecule has 3 aromatic heterocycles. The van der Waals surface area contributed by atoms with Crippen molar-refractivity contribution in [2.45, 2.75) is 12.0 Å². The van der Waals surface area contributed by atoms with Gasteiger partial charge in [-0.2, -0.15) is 0 Å². The molecule has 1 aliphatic carbocycles. The lowest BCUT2D eigenvalue weighted by atomic mass is 9.91. The van der Waals surface area contributed by atoms with Crippen molar-refractivity contribution in [3.8, 4) is 17.1 Å². The number of aromatic nitrogens is 3. The summed E-state index contributed by atoms with van der Waals surface area (Å²) >= 11 is 0. The Morgan fingerprint density at radius 3 is 1.28 bits per heavy atom. The van der Waals surface area contributed by atoms with Crippen LogP contribution in [-0.4, -0.2) is 19.7 Å². The van der Waals surface area contributed by atoms with E-state index in [-0.39, 0.29) is 12.0 Å². The zero-order chi connectivity index (χ0) is 37.9. The molecule has 2 aliphatic rings. The van der Waals surface area contributed by atoms with Crippen molar-refractivity contribution >= 4 is 76.8 Å². The van der Waals surface area contributed by atoms with Crippen LogP contribution in [0.25, 0.3) is 82.5 Å². The summed E-state index contributed by atoms with van der Waals surface area (Å²) < 4.78 is 7.44. The fourth-order valence-corrected chi connectivity index (χ4v) is 10.4. The highest BCUT2D eigenvalue weighted by Gasteiger charge is 2.40. The third-order valence-corrected chi connectivity index (χ3v) is 12.7. The fourth-order valence-electron chi connectivity index (χ4n) is 10.4. The molecule has 0 amide bonds. The second kappa shape index (κ2) is 12.0. The van der Waals surface area contributed by atoms with Crippen LogP contribution < -0.4 is 4.90 Å². The first-order valence-electron chi connectivity index (χ1n) is 20.2. The Kier molecular flexibility index (Phi) is 6.53. The van der Waals surface area contributed by atoms with E-state index in [4.69, 9.17) is 0 Å². The van der Waals surface area contributed by atoms with Crippen LogP contribution >= 0.6 is 0 Å². The summed E-state index contributed by atoms with van der Waals surface area (Å²) in [5, 5.41) is 7.53. The molecular weight excluding hydrogens is 705 g/mol. The topological polar surface area (TPSA) is 18.0 Å². The smallest absolute Gasteiger partial charge is 0.0788 e. The minimum Gasteiger partial charge on any atom is -0.332 e. The molecule has 4 heterocycles. The number of rotatable bonds is 4. The van der Waals surface area contributed by atoms with E-state index in [1.165, 1.54) is 82.4 Å².